The topological polar surface area (TPSA) is 92.7 Å². The SMILES string of the molecule is CCCCCCCCCCCCCCOC(=O)C(NS(=O)(=O)c1cccc2ccccc12)C(O)c1ccccc1. The second-order valence-electron chi connectivity index (χ2n) is 10.5. The van der Waals surface area contributed by atoms with E-state index in [-0.39, 0.29) is 11.5 Å². The summed E-state index contributed by atoms with van der Waals surface area (Å²) in [6.07, 6.45) is 12.9. The fraction of sp³-hybridized carbons (Fsp3) is 0.485. The molecule has 3 aromatic carbocycles. The van der Waals surface area contributed by atoms with Crippen molar-refractivity contribution < 1.29 is 23.1 Å². The first-order valence-electron chi connectivity index (χ1n) is 14.8. The third kappa shape index (κ3) is 10.0. The van der Waals surface area contributed by atoms with Crippen molar-refractivity contribution in [2.24, 2.45) is 0 Å². The molecule has 40 heavy (non-hydrogen) atoms. The third-order valence-electron chi connectivity index (χ3n) is 7.27. The second-order valence-corrected chi connectivity index (χ2v) is 12.2. The van der Waals surface area contributed by atoms with E-state index in [2.05, 4.69) is 11.6 Å². The van der Waals surface area contributed by atoms with Gasteiger partial charge in [-0.2, -0.15) is 4.72 Å². The average Bonchev–Trinajstić information content (AvgIpc) is 2.98. The van der Waals surface area contributed by atoms with Crippen LogP contribution < -0.4 is 4.72 Å². The molecule has 3 aromatic rings. The van der Waals surface area contributed by atoms with Crippen molar-refractivity contribution in [3.63, 3.8) is 0 Å². The maximum absolute atomic E-state index is 13.5. The van der Waals surface area contributed by atoms with Gasteiger partial charge in [-0.1, -0.05) is 144 Å². The first kappa shape index (κ1) is 31.8. The summed E-state index contributed by atoms with van der Waals surface area (Å²) in [5.41, 5.74) is 0.426. The Kier molecular flexibility index (Phi) is 13.6. The van der Waals surface area contributed by atoms with Crippen LogP contribution >= 0.6 is 0 Å². The van der Waals surface area contributed by atoms with E-state index in [0.29, 0.717) is 17.4 Å². The van der Waals surface area contributed by atoms with E-state index in [4.69, 9.17) is 4.74 Å². The van der Waals surface area contributed by atoms with Crippen LogP contribution in [0.4, 0.5) is 0 Å². The number of aliphatic hydroxyl groups excluding tert-OH is 1. The van der Waals surface area contributed by atoms with E-state index < -0.39 is 28.1 Å². The van der Waals surface area contributed by atoms with E-state index >= 15 is 0 Å². The molecule has 0 saturated heterocycles. The molecule has 0 aliphatic rings. The summed E-state index contributed by atoms with van der Waals surface area (Å²) in [6, 6.07) is 19.2. The molecule has 0 aromatic heterocycles. The van der Waals surface area contributed by atoms with E-state index in [1.54, 1.807) is 48.5 Å². The van der Waals surface area contributed by atoms with Crippen molar-refractivity contribution in [3.05, 3.63) is 78.4 Å². The number of esters is 1. The zero-order chi connectivity index (χ0) is 28.6. The quantitative estimate of drug-likeness (QED) is 0.116. The number of carbonyl (C=O) groups is 1. The molecule has 0 aliphatic carbocycles. The molecule has 2 N–H and O–H groups in total. The molecule has 0 fully saturated rings. The number of hydrogen-bond acceptors (Lipinski definition) is 5. The molecule has 0 spiro atoms. The molecular weight excluding hydrogens is 522 g/mol. The first-order valence-corrected chi connectivity index (χ1v) is 16.3. The lowest BCUT2D eigenvalue weighted by Crippen LogP contribution is -2.46. The zero-order valence-electron chi connectivity index (χ0n) is 23.8. The Morgan fingerprint density at radius 1 is 0.750 bits per heavy atom. The van der Waals surface area contributed by atoms with Crippen LogP contribution in [0.15, 0.2) is 77.7 Å². The number of ether oxygens (including phenoxy) is 1. The summed E-state index contributed by atoms with van der Waals surface area (Å²) in [6.45, 7) is 2.42. The van der Waals surface area contributed by atoms with E-state index in [9.17, 15) is 18.3 Å². The third-order valence-corrected chi connectivity index (χ3v) is 8.77. The van der Waals surface area contributed by atoms with Gasteiger partial charge in [0.05, 0.1) is 11.5 Å². The number of aliphatic hydroxyl groups is 1. The smallest absolute Gasteiger partial charge is 0.327 e. The number of nitrogens with one attached hydrogen (secondary N) is 1. The molecule has 0 amide bonds. The highest BCUT2D eigenvalue weighted by Gasteiger charge is 2.34. The lowest BCUT2D eigenvalue weighted by molar-refractivity contribution is -0.148. The molecule has 6 nitrogen and oxygen atoms in total. The highest BCUT2D eigenvalue weighted by Crippen LogP contribution is 2.25. The number of sulfonamides is 1. The van der Waals surface area contributed by atoms with Crippen LogP contribution in [-0.2, 0) is 19.6 Å². The summed E-state index contributed by atoms with van der Waals surface area (Å²) in [7, 11) is -4.15. The standard InChI is InChI=1S/C33H45NO5S/c1-2-3-4-5-6-7-8-9-10-11-12-18-26-39-33(36)31(32(35)28-21-14-13-15-22-28)34-40(37,38)30-25-19-23-27-20-16-17-24-29(27)30/h13-17,19-25,31-32,34-35H,2-12,18,26H2,1H3. The zero-order valence-corrected chi connectivity index (χ0v) is 24.6. The molecule has 3 rings (SSSR count). The van der Waals surface area contributed by atoms with Crippen molar-refractivity contribution in [2.75, 3.05) is 6.61 Å². The normalized spacial score (nSPS) is 13.2. The molecule has 0 radical (unpaired) electrons. The molecule has 0 saturated carbocycles. The predicted octanol–water partition coefficient (Wildman–Crippen LogP) is 7.46. The minimum atomic E-state index is -4.15. The summed E-state index contributed by atoms with van der Waals surface area (Å²) in [5, 5.41) is 12.4. The molecule has 2 atom stereocenters. The minimum Gasteiger partial charge on any atom is -0.464 e. The van der Waals surface area contributed by atoms with E-state index in [1.807, 2.05) is 18.2 Å². The van der Waals surface area contributed by atoms with Crippen LogP contribution in [0.25, 0.3) is 10.8 Å². The molecular formula is C33H45NO5S. The van der Waals surface area contributed by atoms with Gasteiger partial charge in [0.25, 0.3) is 0 Å². The van der Waals surface area contributed by atoms with Crippen molar-refractivity contribution in [2.45, 2.75) is 101 Å². The van der Waals surface area contributed by atoms with Crippen LogP contribution in [0.2, 0.25) is 0 Å². The predicted molar refractivity (Wildman–Crippen MR) is 161 cm³/mol. The fourth-order valence-electron chi connectivity index (χ4n) is 4.95. The number of fused-ring (bicyclic) bond motifs is 1. The van der Waals surface area contributed by atoms with Crippen molar-refractivity contribution in [1.82, 2.24) is 4.72 Å². The van der Waals surface area contributed by atoms with Gasteiger partial charge in [-0.15, -0.1) is 0 Å². The summed E-state index contributed by atoms with van der Waals surface area (Å²) < 4.78 is 34.8. The van der Waals surface area contributed by atoms with Crippen LogP contribution in [0.3, 0.4) is 0 Å². The lowest BCUT2D eigenvalue weighted by Gasteiger charge is -2.23. The van der Waals surface area contributed by atoms with Crippen molar-refractivity contribution >= 4 is 26.8 Å². The highest BCUT2D eigenvalue weighted by atomic mass is 32.2. The molecule has 0 bridgehead atoms. The van der Waals surface area contributed by atoms with Crippen LogP contribution in [0, 0.1) is 0 Å². The Balaban J connectivity index is 1.53. The summed E-state index contributed by atoms with van der Waals surface area (Å²) in [4.78, 5) is 13.2. The number of unbranched alkanes of at least 4 members (excludes halogenated alkanes) is 11. The maximum Gasteiger partial charge on any atom is 0.327 e. The van der Waals surface area contributed by atoms with Gasteiger partial charge in [-0.25, -0.2) is 8.42 Å². The van der Waals surface area contributed by atoms with Crippen molar-refractivity contribution in [3.8, 4) is 0 Å². The first-order chi connectivity index (χ1) is 19.4. The Morgan fingerprint density at radius 3 is 1.95 bits per heavy atom. The van der Waals surface area contributed by atoms with Gasteiger partial charge < -0.3 is 9.84 Å². The Labute approximate surface area is 240 Å². The van der Waals surface area contributed by atoms with Gasteiger partial charge in [-0.3, -0.25) is 4.79 Å². The Bertz CT molecular complexity index is 1260. The number of carbonyl (C=O) groups excluding carboxylic acids is 1. The van der Waals surface area contributed by atoms with Gasteiger partial charge in [0.1, 0.15) is 12.1 Å². The van der Waals surface area contributed by atoms with Gasteiger partial charge >= 0.3 is 5.97 Å². The minimum absolute atomic E-state index is 0.0459. The number of hydrogen-bond donors (Lipinski definition) is 2. The largest absolute Gasteiger partial charge is 0.464 e. The molecule has 0 aliphatic heterocycles. The van der Waals surface area contributed by atoms with Gasteiger partial charge in [-0.05, 0) is 23.4 Å². The van der Waals surface area contributed by atoms with Crippen molar-refractivity contribution in [1.29, 1.82) is 0 Å². The average molecular weight is 568 g/mol. The monoisotopic (exact) mass is 567 g/mol. The summed E-state index contributed by atoms with van der Waals surface area (Å²) in [5.74, 6) is -0.789. The van der Waals surface area contributed by atoms with Crippen LogP contribution in [-0.4, -0.2) is 32.1 Å². The van der Waals surface area contributed by atoms with E-state index in [0.717, 1.165) is 18.2 Å². The molecule has 7 heteroatoms. The Morgan fingerprint density at radius 2 is 1.30 bits per heavy atom. The van der Waals surface area contributed by atoms with Crippen LogP contribution in [0.1, 0.15) is 95.6 Å². The second kappa shape index (κ2) is 17.2. The van der Waals surface area contributed by atoms with Gasteiger partial charge in [0, 0.05) is 5.39 Å². The van der Waals surface area contributed by atoms with Gasteiger partial charge in [0.15, 0.2) is 0 Å². The molecule has 2 unspecified atom stereocenters. The number of rotatable bonds is 19. The lowest BCUT2D eigenvalue weighted by atomic mass is 10.0. The maximum atomic E-state index is 13.5. The molecule has 218 valence electrons. The molecule has 0 heterocycles. The Hall–Kier alpha value is -2.74. The summed E-state index contributed by atoms with van der Waals surface area (Å²) >= 11 is 0. The highest BCUT2D eigenvalue weighted by molar-refractivity contribution is 7.89. The fourth-order valence-corrected chi connectivity index (χ4v) is 6.37. The van der Waals surface area contributed by atoms with Gasteiger partial charge in [0.2, 0.25) is 10.0 Å². The van der Waals surface area contributed by atoms with E-state index in [1.165, 1.54) is 63.9 Å². The van der Waals surface area contributed by atoms with Crippen LogP contribution in [0.5, 0.6) is 0 Å². The number of benzene rings is 3.